The Kier molecular flexibility index (Phi) is 5.13. The van der Waals surface area contributed by atoms with Crippen LogP contribution in [0.15, 0.2) is 23.5 Å². The summed E-state index contributed by atoms with van der Waals surface area (Å²) in [6, 6.07) is 4.10. The number of carbonyl (C=O) groups excluding carboxylic acids is 1. The number of nitrogens with zero attached hydrogens (tertiary/aromatic N) is 4. The molecule has 5 heterocycles. The third kappa shape index (κ3) is 3.50. The molecule has 1 atom stereocenters. The van der Waals surface area contributed by atoms with E-state index in [0.717, 1.165) is 51.4 Å². The van der Waals surface area contributed by atoms with Gasteiger partial charge in [-0.2, -0.15) is 0 Å². The molecule has 3 aliphatic heterocycles. The average molecular weight is 538 g/mol. The summed E-state index contributed by atoms with van der Waals surface area (Å²) < 4.78 is 29.5. The van der Waals surface area contributed by atoms with Crippen LogP contribution in [0.25, 0.3) is 10.2 Å². The Morgan fingerprint density at radius 1 is 1.30 bits per heavy atom. The Morgan fingerprint density at radius 2 is 2.16 bits per heavy atom. The SMILES string of the molecule is CCOc1cc2c(cc1Nc1ncnc3sc4c(c13)CCC(C(=O)N1CC3(CCS3(=O)=O)C1)C4)C=NC2. The molecule has 1 spiro atoms. The molecule has 37 heavy (non-hydrogen) atoms. The second kappa shape index (κ2) is 8.22. The molecule has 1 amide bonds. The number of ether oxygens (including phenoxy) is 1. The van der Waals surface area contributed by atoms with E-state index in [4.69, 9.17) is 4.74 Å². The van der Waals surface area contributed by atoms with Crippen LogP contribution in [-0.2, 0) is 34.0 Å². The van der Waals surface area contributed by atoms with Gasteiger partial charge in [-0.1, -0.05) is 0 Å². The zero-order valence-electron chi connectivity index (χ0n) is 20.5. The van der Waals surface area contributed by atoms with Crippen LogP contribution in [0.3, 0.4) is 0 Å². The van der Waals surface area contributed by atoms with Crippen molar-refractivity contribution in [2.75, 3.05) is 30.8 Å². The van der Waals surface area contributed by atoms with E-state index < -0.39 is 14.6 Å². The van der Waals surface area contributed by atoms with Crippen molar-refractivity contribution in [3.63, 3.8) is 0 Å². The normalized spacial score (nSPS) is 22.3. The highest BCUT2D eigenvalue weighted by molar-refractivity contribution is 7.94. The van der Waals surface area contributed by atoms with Crippen LogP contribution in [0.4, 0.5) is 11.5 Å². The molecule has 4 aliphatic rings. The molecule has 0 bridgehead atoms. The van der Waals surface area contributed by atoms with E-state index in [2.05, 4.69) is 26.3 Å². The molecule has 1 N–H and O–H groups in total. The van der Waals surface area contributed by atoms with Gasteiger partial charge in [0.25, 0.3) is 0 Å². The van der Waals surface area contributed by atoms with Crippen molar-refractivity contribution in [2.45, 2.75) is 43.9 Å². The van der Waals surface area contributed by atoms with E-state index in [0.29, 0.717) is 39.1 Å². The van der Waals surface area contributed by atoms with Crippen LogP contribution in [-0.4, -0.2) is 65.6 Å². The van der Waals surface area contributed by atoms with Gasteiger partial charge in [-0.05, 0) is 61.4 Å². The predicted octanol–water partition coefficient (Wildman–Crippen LogP) is 3.27. The highest BCUT2D eigenvalue weighted by Crippen LogP contribution is 2.45. The zero-order valence-corrected chi connectivity index (χ0v) is 22.1. The molecule has 3 aromatic rings. The Morgan fingerprint density at radius 3 is 2.92 bits per heavy atom. The fourth-order valence-corrected chi connectivity index (χ4v) is 9.12. The second-order valence-corrected chi connectivity index (χ2v) is 14.0. The molecule has 0 saturated carbocycles. The van der Waals surface area contributed by atoms with Crippen LogP contribution in [0, 0.1) is 5.92 Å². The van der Waals surface area contributed by atoms with Gasteiger partial charge in [-0.15, -0.1) is 11.3 Å². The molecule has 0 radical (unpaired) electrons. The quantitative estimate of drug-likeness (QED) is 0.531. The van der Waals surface area contributed by atoms with Crippen LogP contribution in [0.1, 0.15) is 41.3 Å². The van der Waals surface area contributed by atoms with Crippen molar-refractivity contribution in [1.82, 2.24) is 14.9 Å². The molecule has 11 heteroatoms. The van der Waals surface area contributed by atoms with E-state index in [1.54, 1.807) is 22.6 Å². The number of amides is 1. The number of sulfone groups is 1. The number of fused-ring (bicyclic) bond motifs is 4. The fourth-order valence-electron chi connectivity index (χ4n) is 6.03. The number of anilines is 2. The number of nitrogens with one attached hydrogen (secondary N) is 1. The van der Waals surface area contributed by atoms with Gasteiger partial charge in [-0.3, -0.25) is 9.79 Å². The first-order chi connectivity index (χ1) is 17.9. The summed E-state index contributed by atoms with van der Waals surface area (Å²) in [5.74, 6) is 1.73. The van der Waals surface area contributed by atoms with E-state index in [-0.39, 0.29) is 17.6 Å². The average Bonchev–Trinajstić information content (AvgIpc) is 3.46. The summed E-state index contributed by atoms with van der Waals surface area (Å²) in [4.78, 5) is 30.5. The molecular weight excluding hydrogens is 510 g/mol. The molecule has 1 aliphatic carbocycles. The van der Waals surface area contributed by atoms with Crippen molar-refractivity contribution < 1.29 is 17.9 Å². The highest BCUT2D eigenvalue weighted by atomic mass is 32.2. The van der Waals surface area contributed by atoms with E-state index in [9.17, 15) is 13.2 Å². The number of aromatic nitrogens is 2. The third-order valence-corrected chi connectivity index (χ3v) is 11.9. The Bertz CT molecular complexity index is 1590. The number of aliphatic imine (C=N–C) groups is 1. The smallest absolute Gasteiger partial charge is 0.226 e. The number of benzene rings is 1. The Balaban J connectivity index is 1.15. The number of hydrogen-bond acceptors (Lipinski definition) is 9. The molecule has 9 nitrogen and oxygen atoms in total. The van der Waals surface area contributed by atoms with Gasteiger partial charge in [-0.25, -0.2) is 18.4 Å². The molecular formula is C26H27N5O4S2. The van der Waals surface area contributed by atoms with E-state index in [1.807, 2.05) is 19.2 Å². The molecule has 1 unspecified atom stereocenters. The van der Waals surface area contributed by atoms with Gasteiger partial charge in [0.05, 0.1) is 30.0 Å². The molecule has 2 saturated heterocycles. The lowest BCUT2D eigenvalue weighted by Gasteiger charge is -2.55. The summed E-state index contributed by atoms with van der Waals surface area (Å²) in [6.45, 7) is 3.91. The lowest BCUT2D eigenvalue weighted by Crippen LogP contribution is -2.73. The van der Waals surface area contributed by atoms with Gasteiger partial charge in [0.15, 0.2) is 9.84 Å². The van der Waals surface area contributed by atoms with Crippen LogP contribution in [0.5, 0.6) is 5.75 Å². The molecule has 2 fully saturated rings. The minimum Gasteiger partial charge on any atom is -0.492 e. The van der Waals surface area contributed by atoms with Gasteiger partial charge < -0.3 is 15.0 Å². The summed E-state index contributed by atoms with van der Waals surface area (Å²) >= 11 is 1.62. The summed E-state index contributed by atoms with van der Waals surface area (Å²) in [5.41, 5.74) is 4.27. The van der Waals surface area contributed by atoms with Crippen molar-refractivity contribution >= 4 is 55.0 Å². The predicted molar refractivity (Wildman–Crippen MR) is 143 cm³/mol. The van der Waals surface area contributed by atoms with E-state index in [1.165, 1.54) is 10.4 Å². The molecule has 2 aromatic heterocycles. The van der Waals surface area contributed by atoms with E-state index >= 15 is 0 Å². The molecule has 7 rings (SSSR count). The summed E-state index contributed by atoms with van der Waals surface area (Å²) in [7, 11) is -3.02. The third-order valence-electron chi connectivity index (χ3n) is 8.24. The number of aryl methyl sites for hydroxylation is 1. The second-order valence-electron chi connectivity index (χ2n) is 10.4. The largest absolute Gasteiger partial charge is 0.492 e. The maximum atomic E-state index is 13.2. The van der Waals surface area contributed by atoms with Gasteiger partial charge in [0.1, 0.15) is 27.5 Å². The minimum absolute atomic E-state index is 0.0847. The van der Waals surface area contributed by atoms with Crippen molar-refractivity contribution in [3.05, 3.63) is 40.0 Å². The fraction of sp³-hybridized carbons (Fsp3) is 0.462. The first-order valence-corrected chi connectivity index (χ1v) is 15.2. The lowest BCUT2D eigenvalue weighted by atomic mass is 9.85. The molecule has 192 valence electrons. The number of carbonyl (C=O) groups is 1. The molecule has 1 aromatic carbocycles. The lowest BCUT2D eigenvalue weighted by molar-refractivity contribution is -0.141. The first-order valence-electron chi connectivity index (χ1n) is 12.7. The van der Waals surface area contributed by atoms with Crippen LogP contribution < -0.4 is 10.1 Å². The topological polar surface area (TPSA) is 114 Å². The van der Waals surface area contributed by atoms with Crippen LogP contribution >= 0.6 is 11.3 Å². The standard InChI is InChI=1S/C26H27N5O4S2/c1-2-35-20-8-17-11-27-10-16(17)7-19(20)30-23-22-18-4-3-15(9-21(18)36-24(22)29-14-28-23)25(32)31-12-26(13-31)5-6-37(26,33)34/h7-8,10,14-15H,2-6,9,11-13H2,1H3,(H,28,29,30). The summed E-state index contributed by atoms with van der Waals surface area (Å²) in [6.07, 6.45) is 6.30. The first kappa shape index (κ1) is 23.1. The number of thiophene rings is 1. The zero-order chi connectivity index (χ0) is 25.4. The van der Waals surface area contributed by atoms with Gasteiger partial charge in [0, 0.05) is 30.1 Å². The minimum atomic E-state index is -3.02. The van der Waals surface area contributed by atoms with Crippen molar-refractivity contribution in [1.29, 1.82) is 0 Å². The number of rotatable bonds is 5. The maximum Gasteiger partial charge on any atom is 0.226 e. The highest BCUT2D eigenvalue weighted by Gasteiger charge is 2.61. The maximum absolute atomic E-state index is 13.2. The summed E-state index contributed by atoms with van der Waals surface area (Å²) in [5, 5.41) is 4.51. The van der Waals surface area contributed by atoms with Crippen molar-refractivity contribution in [3.8, 4) is 5.75 Å². The number of likely N-dealkylation sites (tertiary alicyclic amines) is 1. The van der Waals surface area contributed by atoms with Crippen molar-refractivity contribution in [2.24, 2.45) is 10.9 Å². The Labute approximate surface area is 218 Å². The van der Waals surface area contributed by atoms with Crippen LogP contribution in [0.2, 0.25) is 0 Å². The Hall–Kier alpha value is -3.05. The van der Waals surface area contributed by atoms with Gasteiger partial charge >= 0.3 is 0 Å². The number of hydrogen-bond donors (Lipinski definition) is 1. The monoisotopic (exact) mass is 537 g/mol. The van der Waals surface area contributed by atoms with Gasteiger partial charge in [0.2, 0.25) is 5.91 Å².